The van der Waals surface area contributed by atoms with Gasteiger partial charge in [-0.15, -0.1) is 12.4 Å². The van der Waals surface area contributed by atoms with Crippen molar-refractivity contribution in [2.75, 3.05) is 32.1 Å². The summed E-state index contributed by atoms with van der Waals surface area (Å²) < 4.78 is 0. The fourth-order valence-corrected chi connectivity index (χ4v) is 2.88. The molecule has 1 N–H and O–H groups in total. The highest BCUT2D eigenvalue weighted by molar-refractivity contribution is 7.98. The van der Waals surface area contributed by atoms with Crippen molar-refractivity contribution in [3.63, 3.8) is 0 Å². The van der Waals surface area contributed by atoms with Crippen molar-refractivity contribution >= 4 is 30.1 Å². The topological polar surface area (TPSA) is 32.3 Å². The zero-order chi connectivity index (χ0) is 12.0. The molecule has 5 heteroatoms. The van der Waals surface area contributed by atoms with Gasteiger partial charge in [0.25, 0.3) is 0 Å². The Bertz CT molecular complexity index is 221. The Labute approximate surface area is 115 Å². The van der Waals surface area contributed by atoms with Gasteiger partial charge in [0.05, 0.1) is 0 Å². The van der Waals surface area contributed by atoms with Gasteiger partial charge in [-0.05, 0) is 38.6 Å². The average molecular weight is 281 g/mol. The predicted octanol–water partition coefficient (Wildman–Crippen LogP) is 2.01. The van der Waals surface area contributed by atoms with Crippen LogP contribution in [0.1, 0.15) is 26.2 Å². The second kappa shape index (κ2) is 9.06. The van der Waals surface area contributed by atoms with Crippen molar-refractivity contribution in [3.05, 3.63) is 0 Å². The van der Waals surface area contributed by atoms with Gasteiger partial charge in [0, 0.05) is 24.8 Å². The van der Waals surface area contributed by atoms with Crippen LogP contribution in [-0.4, -0.2) is 49.0 Å². The van der Waals surface area contributed by atoms with E-state index in [2.05, 4.69) is 11.6 Å². The molecule has 0 aromatic rings. The highest BCUT2D eigenvalue weighted by atomic mass is 35.5. The number of carbonyl (C=O) groups excluding carboxylic acids is 1. The normalized spacial score (nSPS) is 22.2. The number of amides is 1. The maximum atomic E-state index is 12.1. The van der Waals surface area contributed by atoms with Crippen molar-refractivity contribution in [2.24, 2.45) is 5.92 Å². The number of thioether (sulfide) groups is 1. The minimum absolute atomic E-state index is 0. The molecule has 3 nitrogen and oxygen atoms in total. The number of nitrogens with one attached hydrogen (secondary N) is 1. The lowest BCUT2D eigenvalue weighted by atomic mass is 10.1. The molecule has 0 saturated carbocycles. The van der Waals surface area contributed by atoms with Crippen LogP contribution >= 0.6 is 24.2 Å². The van der Waals surface area contributed by atoms with Crippen LogP contribution in [0.5, 0.6) is 0 Å². The molecular weight excluding hydrogens is 256 g/mol. The molecule has 1 aliphatic heterocycles. The highest BCUT2D eigenvalue weighted by Crippen LogP contribution is 2.16. The molecular formula is C12H25ClN2OS. The smallest absolute Gasteiger partial charge is 0.226 e. The Balaban J connectivity index is 0.00000256. The maximum Gasteiger partial charge on any atom is 0.226 e. The molecule has 1 amide bonds. The SMILES string of the molecule is CSCC(C)C(=O)N(C)C1CCCNCC1.Cl. The Morgan fingerprint density at radius 2 is 2.18 bits per heavy atom. The lowest BCUT2D eigenvalue weighted by Crippen LogP contribution is -2.41. The second-order valence-electron chi connectivity index (χ2n) is 4.64. The Morgan fingerprint density at radius 1 is 1.47 bits per heavy atom. The number of halogens is 1. The summed E-state index contributed by atoms with van der Waals surface area (Å²) in [4.78, 5) is 14.1. The standard InChI is InChI=1S/C12H24N2OS.ClH/c1-10(9-16-3)12(15)14(2)11-5-4-7-13-8-6-11;/h10-11,13H,4-9H2,1-3H3;1H. The Morgan fingerprint density at radius 3 is 2.82 bits per heavy atom. The highest BCUT2D eigenvalue weighted by Gasteiger charge is 2.24. The lowest BCUT2D eigenvalue weighted by molar-refractivity contribution is -0.135. The molecule has 0 bridgehead atoms. The molecule has 0 aromatic carbocycles. The van der Waals surface area contributed by atoms with Gasteiger partial charge in [0.15, 0.2) is 0 Å². The van der Waals surface area contributed by atoms with E-state index in [-0.39, 0.29) is 18.3 Å². The second-order valence-corrected chi connectivity index (χ2v) is 5.55. The molecule has 1 heterocycles. The lowest BCUT2D eigenvalue weighted by Gasteiger charge is -2.29. The van der Waals surface area contributed by atoms with E-state index < -0.39 is 0 Å². The van der Waals surface area contributed by atoms with Gasteiger partial charge in [-0.25, -0.2) is 0 Å². The number of nitrogens with zero attached hydrogens (tertiary/aromatic N) is 1. The average Bonchev–Trinajstić information content (AvgIpc) is 2.56. The van der Waals surface area contributed by atoms with Crippen molar-refractivity contribution in [3.8, 4) is 0 Å². The van der Waals surface area contributed by atoms with E-state index in [1.807, 2.05) is 18.9 Å². The van der Waals surface area contributed by atoms with Crippen molar-refractivity contribution in [2.45, 2.75) is 32.2 Å². The molecule has 0 aliphatic carbocycles. The summed E-state index contributed by atoms with van der Waals surface area (Å²) in [6, 6.07) is 0.437. The van der Waals surface area contributed by atoms with E-state index >= 15 is 0 Å². The van der Waals surface area contributed by atoms with Crippen LogP contribution in [0.25, 0.3) is 0 Å². The molecule has 102 valence electrons. The van der Waals surface area contributed by atoms with Crippen LogP contribution in [0.4, 0.5) is 0 Å². The Hall–Kier alpha value is 0.0700. The van der Waals surface area contributed by atoms with E-state index in [1.165, 1.54) is 6.42 Å². The van der Waals surface area contributed by atoms with Gasteiger partial charge < -0.3 is 10.2 Å². The van der Waals surface area contributed by atoms with E-state index in [4.69, 9.17) is 0 Å². The first kappa shape index (κ1) is 17.1. The van der Waals surface area contributed by atoms with E-state index in [0.717, 1.165) is 31.7 Å². The molecule has 1 aliphatic rings. The first-order valence-electron chi connectivity index (χ1n) is 6.13. The summed E-state index contributed by atoms with van der Waals surface area (Å²) >= 11 is 1.75. The summed E-state index contributed by atoms with van der Waals surface area (Å²) in [5.41, 5.74) is 0. The fourth-order valence-electron chi connectivity index (χ4n) is 2.24. The van der Waals surface area contributed by atoms with Crippen molar-refractivity contribution in [1.82, 2.24) is 10.2 Å². The van der Waals surface area contributed by atoms with Gasteiger partial charge >= 0.3 is 0 Å². The van der Waals surface area contributed by atoms with Crippen LogP contribution < -0.4 is 5.32 Å². The molecule has 0 aromatic heterocycles. The predicted molar refractivity (Wildman–Crippen MR) is 78.1 cm³/mol. The number of rotatable bonds is 4. The molecule has 17 heavy (non-hydrogen) atoms. The third-order valence-electron chi connectivity index (χ3n) is 3.28. The monoisotopic (exact) mass is 280 g/mol. The maximum absolute atomic E-state index is 12.1. The quantitative estimate of drug-likeness (QED) is 0.855. The molecule has 2 atom stereocenters. The van der Waals surface area contributed by atoms with Gasteiger partial charge in [-0.3, -0.25) is 4.79 Å². The van der Waals surface area contributed by atoms with Crippen LogP contribution in [0, 0.1) is 5.92 Å². The van der Waals surface area contributed by atoms with Crippen LogP contribution in [0.2, 0.25) is 0 Å². The Kier molecular flexibility index (Phi) is 9.10. The molecule has 1 fully saturated rings. The summed E-state index contributed by atoms with van der Waals surface area (Å²) in [5.74, 6) is 1.38. The van der Waals surface area contributed by atoms with Crippen LogP contribution in [0.3, 0.4) is 0 Å². The minimum Gasteiger partial charge on any atom is -0.342 e. The zero-order valence-corrected chi connectivity index (χ0v) is 12.7. The third kappa shape index (κ3) is 5.49. The summed E-state index contributed by atoms with van der Waals surface area (Å²) in [5, 5.41) is 3.38. The molecule has 2 unspecified atom stereocenters. The molecule has 1 rings (SSSR count). The van der Waals surface area contributed by atoms with E-state index in [1.54, 1.807) is 11.8 Å². The fraction of sp³-hybridized carbons (Fsp3) is 0.917. The summed E-state index contributed by atoms with van der Waals surface area (Å²) in [6.07, 6.45) is 5.47. The summed E-state index contributed by atoms with van der Waals surface area (Å²) in [7, 11) is 1.97. The van der Waals surface area contributed by atoms with Gasteiger partial charge in [-0.1, -0.05) is 6.92 Å². The van der Waals surface area contributed by atoms with Gasteiger partial charge in [-0.2, -0.15) is 11.8 Å². The summed E-state index contributed by atoms with van der Waals surface area (Å²) in [6.45, 7) is 4.17. The number of hydrogen-bond donors (Lipinski definition) is 1. The van der Waals surface area contributed by atoms with Gasteiger partial charge in [0.1, 0.15) is 0 Å². The zero-order valence-electron chi connectivity index (χ0n) is 11.1. The first-order chi connectivity index (χ1) is 7.66. The van der Waals surface area contributed by atoms with Crippen LogP contribution in [-0.2, 0) is 4.79 Å². The van der Waals surface area contributed by atoms with Gasteiger partial charge in [0.2, 0.25) is 5.91 Å². The largest absolute Gasteiger partial charge is 0.342 e. The van der Waals surface area contributed by atoms with Crippen molar-refractivity contribution < 1.29 is 4.79 Å². The number of carbonyl (C=O) groups is 1. The van der Waals surface area contributed by atoms with E-state index in [0.29, 0.717) is 11.9 Å². The first-order valence-corrected chi connectivity index (χ1v) is 7.52. The third-order valence-corrected chi connectivity index (χ3v) is 4.11. The van der Waals surface area contributed by atoms with Crippen LogP contribution in [0.15, 0.2) is 0 Å². The molecule has 1 saturated heterocycles. The minimum atomic E-state index is 0. The van der Waals surface area contributed by atoms with E-state index in [9.17, 15) is 4.79 Å². The molecule has 0 spiro atoms. The number of hydrogen-bond acceptors (Lipinski definition) is 3. The van der Waals surface area contributed by atoms with Crippen molar-refractivity contribution in [1.29, 1.82) is 0 Å². The molecule has 0 radical (unpaired) electrons.